The molecule has 30 heavy (non-hydrogen) atoms. The summed E-state index contributed by atoms with van der Waals surface area (Å²) >= 11 is 0. The fraction of sp³-hybridized carbons (Fsp3) is 0.136. The molecule has 0 saturated carbocycles. The summed E-state index contributed by atoms with van der Waals surface area (Å²) < 4.78 is 41.7. The highest BCUT2D eigenvalue weighted by molar-refractivity contribution is 6.03. The van der Waals surface area contributed by atoms with Crippen molar-refractivity contribution in [3.8, 4) is 11.3 Å². The number of carbonyl (C=O) groups is 1. The first-order valence-corrected chi connectivity index (χ1v) is 9.14. The van der Waals surface area contributed by atoms with E-state index in [1.54, 1.807) is 42.5 Å². The maximum Gasteiger partial charge on any atom is 0.433 e. The SMILES string of the molecule is Cc1ccc(-c2cc(C(F)(F)F)n3nc(C(=O)Nc4cccc(C)c4)cc3n2)cc1. The number of carbonyl (C=O) groups excluding carboxylic acids is 1. The average molecular weight is 410 g/mol. The topological polar surface area (TPSA) is 59.3 Å². The molecule has 2 heterocycles. The van der Waals surface area contributed by atoms with Crippen molar-refractivity contribution in [3.05, 3.63) is 83.2 Å². The summed E-state index contributed by atoms with van der Waals surface area (Å²) in [7, 11) is 0. The van der Waals surface area contributed by atoms with Crippen molar-refractivity contribution in [3.63, 3.8) is 0 Å². The largest absolute Gasteiger partial charge is 0.433 e. The van der Waals surface area contributed by atoms with Crippen molar-refractivity contribution in [1.29, 1.82) is 0 Å². The van der Waals surface area contributed by atoms with Crippen molar-refractivity contribution in [2.24, 2.45) is 0 Å². The molecule has 4 rings (SSSR count). The fourth-order valence-electron chi connectivity index (χ4n) is 3.08. The number of hydrogen-bond donors (Lipinski definition) is 1. The first kappa shape index (κ1) is 19.6. The lowest BCUT2D eigenvalue weighted by Gasteiger charge is -2.11. The monoisotopic (exact) mass is 410 g/mol. The Morgan fingerprint density at radius 2 is 1.70 bits per heavy atom. The van der Waals surface area contributed by atoms with Crippen LogP contribution in [0.25, 0.3) is 16.9 Å². The summed E-state index contributed by atoms with van der Waals surface area (Å²) in [5.74, 6) is -0.615. The molecule has 0 unspecified atom stereocenters. The van der Waals surface area contributed by atoms with Gasteiger partial charge in [-0.3, -0.25) is 4.79 Å². The maximum absolute atomic E-state index is 13.7. The Hall–Kier alpha value is -3.68. The fourth-order valence-corrected chi connectivity index (χ4v) is 3.08. The van der Waals surface area contributed by atoms with Crippen LogP contribution in [0.4, 0.5) is 18.9 Å². The Bertz CT molecular complexity index is 1240. The number of amides is 1. The van der Waals surface area contributed by atoms with E-state index < -0.39 is 17.8 Å². The molecule has 1 amide bonds. The molecular formula is C22H17F3N4O. The van der Waals surface area contributed by atoms with Crippen LogP contribution < -0.4 is 5.32 Å². The number of anilines is 1. The summed E-state index contributed by atoms with van der Waals surface area (Å²) in [5.41, 5.74) is 1.92. The van der Waals surface area contributed by atoms with Gasteiger partial charge in [-0.2, -0.15) is 18.3 Å². The molecule has 0 bridgehead atoms. The first-order valence-electron chi connectivity index (χ1n) is 9.14. The van der Waals surface area contributed by atoms with E-state index in [0.717, 1.165) is 17.2 Å². The standard InChI is InChI=1S/C22H17F3N4O/c1-13-6-8-15(9-7-13)17-11-19(22(23,24)25)29-20(27-17)12-18(28-29)21(30)26-16-5-3-4-14(2)10-16/h3-12H,1-2H3,(H,26,30). The number of alkyl halides is 3. The lowest BCUT2D eigenvalue weighted by atomic mass is 10.1. The van der Waals surface area contributed by atoms with Gasteiger partial charge in [-0.15, -0.1) is 0 Å². The number of halogens is 3. The molecule has 0 saturated heterocycles. The lowest BCUT2D eigenvalue weighted by molar-refractivity contribution is -0.142. The van der Waals surface area contributed by atoms with E-state index in [9.17, 15) is 18.0 Å². The second-order valence-electron chi connectivity index (χ2n) is 7.01. The Morgan fingerprint density at radius 3 is 2.37 bits per heavy atom. The minimum Gasteiger partial charge on any atom is -0.321 e. The van der Waals surface area contributed by atoms with Gasteiger partial charge in [0.1, 0.15) is 0 Å². The first-order chi connectivity index (χ1) is 14.2. The quantitative estimate of drug-likeness (QED) is 0.500. The highest BCUT2D eigenvalue weighted by Crippen LogP contribution is 2.32. The maximum atomic E-state index is 13.7. The van der Waals surface area contributed by atoms with Crippen LogP contribution in [0.15, 0.2) is 60.7 Å². The minimum atomic E-state index is -4.67. The highest BCUT2D eigenvalue weighted by Gasteiger charge is 2.35. The number of nitrogens with one attached hydrogen (secondary N) is 1. The molecule has 0 aliphatic rings. The van der Waals surface area contributed by atoms with Gasteiger partial charge >= 0.3 is 6.18 Å². The molecule has 8 heteroatoms. The van der Waals surface area contributed by atoms with Gasteiger partial charge in [0, 0.05) is 17.3 Å². The second kappa shape index (κ2) is 7.29. The zero-order valence-electron chi connectivity index (χ0n) is 16.2. The second-order valence-corrected chi connectivity index (χ2v) is 7.01. The third kappa shape index (κ3) is 3.89. The number of benzene rings is 2. The minimum absolute atomic E-state index is 0.0604. The Morgan fingerprint density at radius 1 is 0.967 bits per heavy atom. The van der Waals surface area contributed by atoms with Crippen LogP contribution in [0.2, 0.25) is 0 Å². The van der Waals surface area contributed by atoms with E-state index in [0.29, 0.717) is 15.8 Å². The van der Waals surface area contributed by atoms with Crippen LogP contribution in [-0.4, -0.2) is 20.5 Å². The van der Waals surface area contributed by atoms with Crippen LogP contribution in [0, 0.1) is 13.8 Å². The number of fused-ring (bicyclic) bond motifs is 1. The predicted molar refractivity (Wildman–Crippen MR) is 107 cm³/mol. The van der Waals surface area contributed by atoms with E-state index in [1.807, 2.05) is 19.9 Å². The smallest absolute Gasteiger partial charge is 0.321 e. The molecule has 1 N–H and O–H groups in total. The number of nitrogens with zero attached hydrogens (tertiary/aromatic N) is 3. The van der Waals surface area contributed by atoms with Crippen molar-refractivity contribution < 1.29 is 18.0 Å². The van der Waals surface area contributed by atoms with Gasteiger partial charge < -0.3 is 5.32 Å². The van der Waals surface area contributed by atoms with E-state index >= 15 is 0 Å². The summed E-state index contributed by atoms with van der Waals surface area (Å²) in [6, 6.07) is 16.3. The highest BCUT2D eigenvalue weighted by atomic mass is 19.4. The van der Waals surface area contributed by atoms with Crippen LogP contribution in [0.5, 0.6) is 0 Å². The number of aromatic nitrogens is 3. The molecule has 0 aliphatic heterocycles. The molecule has 2 aromatic heterocycles. The van der Waals surface area contributed by atoms with Gasteiger partial charge in [0.25, 0.3) is 5.91 Å². The number of hydrogen-bond acceptors (Lipinski definition) is 3. The van der Waals surface area contributed by atoms with Gasteiger partial charge in [0.05, 0.1) is 5.69 Å². The molecule has 152 valence electrons. The summed E-state index contributed by atoms with van der Waals surface area (Å²) in [6.07, 6.45) is -4.67. The third-order valence-electron chi connectivity index (χ3n) is 4.57. The molecule has 2 aromatic carbocycles. The molecule has 4 aromatic rings. The molecular weight excluding hydrogens is 393 g/mol. The van der Waals surface area contributed by atoms with E-state index in [4.69, 9.17) is 0 Å². The number of aryl methyl sites for hydroxylation is 2. The number of rotatable bonds is 3. The molecule has 0 radical (unpaired) electrons. The van der Waals surface area contributed by atoms with Gasteiger partial charge in [0.15, 0.2) is 17.0 Å². The lowest BCUT2D eigenvalue weighted by Crippen LogP contribution is -2.15. The Kier molecular flexibility index (Phi) is 4.77. The molecule has 5 nitrogen and oxygen atoms in total. The molecule has 0 atom stereocenters. The van der Waals surface area contributed by atoms with E-state index in [-0.39, 0.29) is 17.0 Å². The summed E-state index contributed by atoms with van der Waals surface area (Å²) in [4.78, 5) is 16.8. The van der Waals surface area contributed by atoms with Crippen LogP contribution in [0.1, 0.15) is 27.3 Å². The Balaban J connectivity index is 1.78. The molecule has 0 aliphatic carbocycles. The van der Waals surface area contributed by atoms with E-state index in [2.05, 4.69) is 15.4 Å². The van der Waals surface area contributed by atoms with Crippen molar-refractivity contribution in [1.82, 2.24) is 14.6 Å². The zero-order valence-corrected chi connectivity index (χ0v) is 16.2. The van der Waals surface area contributed by atoms with Crippen molar-refractivity contribution >= 4 is 17.2 Å². The van der Waals surface area contributed by atoms with Gasteiger partial charge in [0.2, 0.25) is 0 Å². The normalized spacial score (nSPS) is 11.6. The predicted octanol–water partition coefficient (Wildman–Crippen LogP) is 5.28. The Labute approximate surface area is 170 Å². The average Bonchev–Trinajstić information content (AvgIpc) is 3.11. The van der Waals surface area contributed by atoms with Crippen molar-refractivity contribution in [2.75, 3.05) is 5.32 Å². The zero-order chi connectivity index (χ0) is 21.5. The molecule has 0 spiro atoms. The van der Waals surface area contributed by atoms with E-state index in [1.165, 1.54) is 6.07 Å². The van der Waals surface area contributed by atoms with Gasteiger partial charge in [-0.1, -0.05) is 42.0 Å². The van der Waals surface area contributed by atoms with Crippen LogP contribution in [0.3, 0.4) is 0 Å². The third-order valence-corrected chi connectivity index (χ3v) is 4.57. The summed E-state index contributed by atoms with van der Waals surface area (Å²) in [5, 5.41) is 6.52. The molecule has 0 fully saturated rings. The van der Waals surface area contributed by atoms with Crippen LogP contribution in [-0.2, 0) is 6.18 Å². The van der Waals surface area contributed by atoms with Gasteiger partial charge in [-0.25, -0.2) is 9.50 Å². The van der Waals surface area contributed by atoms with Crippen molar-refractivity contribution in [2.45, 2.75) is 20.0 Å². The summed E-state index contributed by atoms with van der Waals surface area (Å²) in [6.45, 7) is 3.75. The van der Waals surface area contributed by atoms with Gasteiger partial charge in [-0.05, 0) is 37.6 Å². The van der Waals surface area contributed by atoms with Crippen LogP contribution >= 0.6 is 0 Å².